The molecule has 212 valence electrons. The number of pyridine rings is 2. The van der Waals surface area contributed by atoms with Crippen molar-refractivity contribution in [2.75, 3.05) is 6.54 Å². The summed E-state index contributed by atoms with van der Waals surface area (Å²) in [4.78, 5) is 38.4. The molecule has 2 aromatic heterocycles. The Balaban J connectivity index is 1.38. The third-order valence-corrected chi connectivity index (χ3v) is 10.7. The van der Waals surface area contributed by atoms with Gasteiger partial charge in [-0.3, -0.25) is 24.5 Å². The summed E-state index contributed by atoms with van der Waals surface area (Å²) in [5.74, 6) is 2.76. The van der Waals surface area contributed by atoms with E-state index in [1.165, 1.54) is 6.42 Å². The molecule has 3 aliphatic carbocycles. The van der Waals surface area contributed by atoms with Gasteiger partial charge in [0.1, 0.15) is 11.4 Å². The predicted octanol–water partition coefficient (Wildman–Crippen LogP) is 6.24. The van der Waals surface area contributed by atoms with Gasteiger partial charge in [-0.1, -0.05) is 36.7 Å². The highest BCUT2D eigenvalue weighted by Crippen LogP contribution is 2.63. The number of amides is 1. The summed E-state index contributed by atoms with van der Waals surface area (Å²) in [6.07, 6.45) is 12.0. The maximum absolute atomic E-state index is 14.7. The van der Waals surface area contributed by atoms with Gasteiger partial charge in [-0.2, -0.15) is 0 Å². The van der Waals surface area contributed by atoms with Crippen LogP contribution < -0.4 is 5.32 Å². The van der Waals surface area contributed by atoms with Crippen molar-refractivity contribution in [1.82, 2.24) is 20.2 Å². The smallest absolute Gasteiger partial charge is 0.254 e. The number of benzene rings is 1. The third kappa shape index (κ3) is 5.25. The molecule has 1 saturated heterocycles. The van der Waals surface area contributed by atoms with Crippen LogP contribution in [0, 0.1) is 29.1 Å². The molecule has 1 aliphatic heterocycles. The quantitative estimate of drug-likeness (QED) is 0.241. The molecular weight excluding hydrogens is 576 g/mol. The molecule has 2 bridgehead atoms. The van der Waals surface area contributed by atoms with Crippen molar-refractivity contribution in [3.8, 4) is 0 Å². The molecule has 4 unspecified atom stereocenters. The molecule has 3 heterocycles. The van der Waals surface area contributed by atoms with Crippen molar-refractivity contribution < 1.29 is 9.59 Å². The number of rotatable bonds is 8. The summed E-state index contributed by atoms with van der Waals surface area (Å²) >= 11 is 3.45. The topological polar surface area (TPSA) is 75.2 Å². The second kappa shape index (κ2) is 10.8. The van der Waals surface area contributed by atoms with E-state index >= 15 is 0 Å². The summed E-state index contributed by atoms with van der Waals surface area (Å²) < 4.78 is 0.916. The lowest BCUT2D eigenvalue weighted by Crippen LogP contribution is -2.57. The van der Waals surface area contributed by atoms with Crippen LogP contribution in [0.1, 0.15) is 55.1 Å². The van der Waals surface area contributed by atoms with E-state index < -0.39 is 5.54 Å². The Morgan fingerprint density at radius 1 is 0.976 bits per heavy atom. The van der Waals surface area contributed by atoms with Crippen LogP contribution >= 0.6 is 15.9 Å². The lowest BCUT2D eigenvalue weighted by molar-refractivity contribution is -0.142. The lowest BCUT2D eigenvalue weighted by atomic mass is 9.43. The van der Waals surface area contributed by atoms with E-state index in [1.54, 1.807) is 30.9 Å². The third-order valence-electron chi connectivity index (χ3n) is 10.1. The number of allylic oxidation sites excluding steroid dienone is 1. The summed E-state index contributed by atoms with van der Waals surface area (Å²) in [5, 5.41) is 3.62. The maximum Gasteiger partial charge on any atom is 0.254 e. The molecule has 7 rings (SSSR count). The molecule has 7 heteroatoms. The number of nitrogens with zero attached hydrogens (tertiary/aromatic N) is 3. The number of carbonyl (C=O) groups excluding carboxylic acids is 2. The van der Waals surface area contributed by atoms with Crippen LogP contribution in [0.3, 0.4) is 0 Å². The lowest BCUT2D eigenvalue weighted by Gasteiger charge is -2.62. The normalized spacial score (nSPS) is 26.9. The molecule has 4 aliphatic rings. The summed E-state index contributed by atoms with van der Waals surface area (Å²) in [5.41, 5.74) is 2.05. The number of halogens is 1. The first-order valence-corrected chi connectivity index (χ1v) is 15.4. The van der Waals surface area contributed by atoms with Gasteiger partial charge in [0.25, 0.3) is 5.91 Å². The number of nitrogens with one attached hydrogen (secondary N) is 1. The molecule has 3 saturated carbocycles. The van der Waals surface area contributed by atoms with Gasteiger partial charge in [-0.15, -0.1) is 0 Å². The van der Waals surface area contributed by atoms with Crippen LogP contribution in [0.5, 0.6) is 0 Å². The van der Waals surface area contributed by atoms with E-state index in [2.05, 4.69) is 52.0 Å². The van der Waals surface area contributed by atoms with Crippen molar-refractivity contribution in [3.63, 3.8) is 0 Å². The Kier molecular flexibility index (Phi) is 7.35. The summed E-state index contributed by atoms with van der Waals surface area (Å²) in [6, 6.07) is 15.2. The summed E-state index contributed by atoms with van der Waals surface area (Å²) in [7, 11) is 0. The number of aromatic nitrogens is 2. The first-order chi connectivity index (χ1) is 19.7. The van der Waals surface area contributed by atoms with Crippen molar-refractivity contribution >= 4 is 27.6 Å². The van der Waals surface area contributed by atoms with Crippen LogP contribution in [0.4, 0.5) is 0 Å². The van der Waals surface area contributed by atoms with E-state index in [4.69, 9.17) is 0 Å². The molecule has 1 aromatic carbocycles. The highest BCUT2D eigenvalue weighted by molar-refractivity contribution is 9.10. The second-order valence-electron chi connectivity index (χ2n) is 12.8. The zero-order valence-corrected chi connectivity index (χ0v) is 25.5. The van der Waals surface area contributed by atoms with E-state index in [0.717, 1.165) is 22.0 Å². The van der Waals surface area contributed by atoms with Crippen LogP contribution in [0.15, 0.2) is 89.7 Å². The van der Waals surface area contributed by atoms with Crippen LogP contribution in [0.25, 0.3) is 0 Å². The van der Waals surface area contributed by atoms with Crippen LogP contribution in [-0.4, -0.2) is 38.6 Å². The number of fused-ring (bicyclic) bond motifs is 2. The first kappa shape index (κ1) is 27.8. The van der Waals surface area contributed by atoms with Gasteiger partial charge in [0.15, 0.2) is 5.78 Å². The minimum Gasteiger partial charge on any atom is -0.357 e. The molecule has 4 atom stereocenters. The minimum atomic E-state index is -0.936. The van der Waals surface area contributed by atoms with E-state index in [9.17, 15) is 9.59 Å². The number of hydrogen-bond donors (Lipinski definition) is 1. The van der Waals surface area contributed by atoms with Crippen molar-refractivity contribution in [2.24, 2.45) is 29.1 Å². The predicted molar refractivity (Wildman–Crippen MR) is 163 cm³/mol. The van der Waals surface area contributed by atoms with Gasteiger partial charge in [0.2, 0.25) is 0 Å². The first-order valence-electron chi connectivity index (χ1n) is 14.6. The number of ketones is 1. The zero-order valence-electron chi connectivity index (χ0n) is 23.9. The Labute approximate surface area is 250 Å². The van der Waals surface area contributed by atoms with Gasteiger partial charge < -0.3 is 5.32 Å². The molecule has 1 N–H and O–H groups in total. The van der Waals surface area contributed by atoms with Gasteiger partial charge in [0, 0.05) is 60.3 Å². The standard InChI is InChI=1S/C34H37BrN4O2/c1-22-26(16-27-17-29(22)33(27,2)3)21-39-31(18-30(40)25-4-6-28(35)7-5-25)38-34(32(39)41,19-23-8-12-36-13-9-23)20-24-10-14-37-15-11-24/h4-15,18,22,26-27,29,38H,16-17,19-21H2,1-3H3. The van der Waals surface area contributed by atoms with Crippen molar-refractivity contribution in [1.29, 1.82) is 0 Å². The van der Waals surface area contributed by atoms with Crippen molar-refractivity contribution in [2.45, 2.75) is 52.0 Å². The largest absolute Gasteiger partial charge is 0.357 e. The number of carbonyl (C=O) groups is 2. The monoisotopic (exact) mass is 612 g/mol. The van der Waals surface area contributed by atoms with E-state index in [-0.39, 0.29) is 11.7 Å². The Hall–Kier alpha value is -3.32. The van der Waals surface area contributed by atoms with Gasteiger partial charge in [-0.25, -0.2) is 0 Å². The fourth-order valence-corrected chi connectivity index (χ4v) is 7.85. The van der Waals surface area contributed by atoms with Crippen molar-refractivity contribution in [3.05, 3.63) is 106 Å². The molecule has 3 aromatic rings. The van der Waals surface area contributed by atoms with Gasteiger partial charge >= 0.3 is 0 Å². The van der Waals surface area contributed by atoms with Gasteiger partial charge in [0.05, 0.1) is 0 Å². The second-order valence-corrected chi connectivity index (χ2v) is 13.7. The van der Waals surface area contributed by atoms with E-state index in [1.807, 2.05) is 53.4 Å². The molecular formula is C34H37BrN4O2. The molecule has 0 radical (unpaired) electrons. The van der Waals surface area contributed by atoms with Crippen LogP contribution in [-0.2, 0) is 17.6 Å². The molecule has 41 heavy (non-hydrogen) atoms. The molecule has 1 amide bonds. The maximum atomic E-state index is 14.7. The number of hydrogen-bond acceptors (Lipinski definition) is 5. The van der Waals surface area contributed by atoms with Crippen LogP contribution in [0.2, 0.25) is 0 Å². The fraction of sp³-hybridized carbons (Fsp3) is 0.412. The molecule has 0 spiro atoms. The average molecular weight is 614 g/mol. The summed E-state index contributed by atoms with van der Waals surface area (Å²) in [6.45, 7) is 7.78. The average Bonchev–Trinajstić information content (AvgIpc) is 3.20. The van der Waals surface area contributed by atoms with E-state index in [0.29, 0.717) is 59.9 Å². The Morgan fingerprint density at radius 3 is 2.10 bits per heavy atom. The highest BCUT2D eigenvalue weighted by atomic mass is 79.9. The zero-order chi connectivity index (χ0) is 28.8. The molecule has 6 nitrogen and oxygen atoms in total. The fourth-order valence-electron chi connectivity index (χ4n) is 7.58. The molecule has 4 fully saturated rings. The SMILES string of the molecule is CC1C(CN2C(=O)C(Cc3ccncc3)(Cc3ccncc3)NC2=CC(=O)c2ccc(Br)cc2)CC2CC1C2(C)C. The minimum absolute atomic E-state index is 0.0201. The Morgan fingerprint density at radius 2 is 1.56 bits per heavy atom. The Bertz CT molecular complexity index is 1410. The highest BCUT2D eigenvalue weighted by Gasteiger charge is 2.57. The van der Waals surface area contributed by atoms with Gasteiger partial charge in [-0.05, 0) is 102 Å².